The van der Waals surface area contributed by atoms with Gasteiger partial charge in [-0.05, 0) is 57.2 Å². The van der Waals surface area contributed by atoms with E-state index in [1.54, 1.807) is 24.3 Å². The largest absolute Gasteiger partial charge is 0.338 e. The third kappa shape index (κ3) is 3.41. The first kappa shape index (κ1) is 20.6. The molecular weight excluding hydrogens is 398 g/mol. The Labute approximate surface area is 179 Å². The number of para-hydroxylation sites is 1. The summed E-state index contributed by atoms with van der Waals surface area (Å²) in [5.41, 5.74) is 0.605. The molecule has 1 fully saturated rings. The van der Waals surface area contributed by atoms with Crippen molar-refractivity contribution in [3.63, 3.8) is 0 Å². The summed E-state index contributed by atoms with van der Waals surface area (Å²) in [7, 11) is 0. The van der Waals surface area contributed by atoms with Gasteiger partial charge in [-0.25, -0.2) is 9.36 Å². The number of rotatable bonds is 4. The van der Waals surface area contributed by atoms with E-state index in [4.69, 9.17) is 0 Å². The second-order valence-electron chi connectivity index (χ2n) is 7.95. The van der Waals surface area contributed by atoms with Gasteiger partial charge in [-0.1, -0.05) is 25.1 Å². The minimum atomic E-state index is -0.460. The molecule has 1 amide bonds. The average Bonchev–Trinajstić information content (AvgIpc) is 3.06. The van der Waals surface area contributed by atoms with Crippen LogP contribution in [-0.4, -0.2) is 32.5 Å². The fourth-order valence-corrected chi connectivity index (χ4v) is 5.52. The molecule has 158 valence electrons. The van der Waals surface area contributed by atoms with Crippen molar-refractivity contribution in [3.05, 3.63) is 61.6 Å². The summed E-state index contributed by atoms with van der Waals surface area (Å²) < 4.78 is 2.69. The molecule has 2 aromatic heterocycles. The second-order valence-corrected chi connectivity index (χ2v) is 9.16. The Kier molecular flexibility index (Phi) is 5.64. The van der Waals surface area contributed by atoms with Crippen LogP contribution in [0.4, 0.5) is 0 Å². The van der Waals surface area contributed by atoms with Gasteiger partial charge in [-0.3, -0.25) is 14.2 Å². The number of carbonyl (C=O) groups excluding carboxylic acids is 1. The topological polar surface area (TPSA) is 64.3 Å². The number of piperidine rings is 1. The van der Waals surface area contributed by atoms with Crippen LogP contribution in [-0.2, 0) is 11.3 Å². The number of thiophene rings is 1. The van der Waals surface area contributed by atoms with Gasteiger partial charge < -0.3 is 4.90 Å². The molecule has 3 heterocycles. The van der Waals surface area contributed by atoms with Gasteiger partial charge >= 0.3 is 5.69 Å². The number of hydrogen-bond acceptors (Lipinski definition) is 4. The number of hydrogen-bond donors (Lipinski definition) is 0. The summed E-state index contributed by atoms with van der Waals surface area (Å²) in [4.78, 5) is 43.5. The van der Waals surface area contributed by atoms with Gasteiger partial charge in [0.05, 0.1) is 11.1 Å². The minimum Gasteiger partial charge on any atom is -0.338 e. The van der Waals surface area contributed by atoms with Crippen molar-refractivity contribution >= 4 is 27.5 Å². The molecule has 0 N–H and O–H groups in total. The summed E-state index contributed by atoms with van der Waals surface area (Å²) in [5, 5.41) is 0.527. The monoisotopic (exact) mass is 425 g/mol. The molecule has 7 heteroatoms. The zero-order chi connectivity index (χ0) is 21.4. The number of likely N-dealkylation sites (tertiary alicyclic amines) is 1. The third-order valence-electron chi connectivity index (χ3n) is 6.18. The molecule has 1 aliphatic rings. The molecule has 30 heavy (non-hydrogen) atoms. The lowest BCUT2D eigenvalue weighted by molar-refractivity contribution is -0.135. The molecule has 3 aromatic rings. The second kappa shape index (κ2) is 8.22. The van der Waals surface area contributed by atoms with Crippen LogP contribution in [0, 0.1) is 13.8 Å². The Hall–Kier alpha value is -2.67. The van der Waals surface area contributed by atoms with E-state index in [0.717, 1.165) is 42.7 Å². The number of benzene rings is 1. The van der Waals surface area contributed by atoms with Crippen LogP contribution in [0.1, 0.15) is 43.0 Å². The normalized spacial score (nSPS) is 16.9. The highest BCUT2D eigenvalue weighted by molar-refractivity contribution is 7.18. The van der Waals surface area contributed by atoms with Gasteiger partial charge in [0.25, 0.3) is 5.56 Å². The zero-order valence-corrected chi connectivity index (χ0v) is 18.5. The van der Waals surface area contributed by atoms with Gasteiger partial charge in [-0.15, -0.1) is 11.3 Å². The van der Waals surface area contributed by atoms with E-state index in [-0.39, 0.29) is 24.1 Å². The summed E-state index contributed by atoms with van der Waals surface area (Å²) in [6.45, 7) is 6.64. The quantitative estimate of drug-likeness (QED) is 0.641. The highest BCUT2D eigenvalue weighted by atomic mass is 32.1. The number of nitrogens with zero attached hydrogens (tertiary/aromatic N) is 3. The maximum atomic E-state index is 13.5. The molecule has 0 aliphatic carbocycles. The molecule has 1 aromatic carbocycles. The van der Waals surface area contributed by atoms with Crippen molar-refractivity contribution in [2.75, 3.05) is 6.54 Å². The van der Waals surface area contributed by atoms with Gasteiger partial charge in [-0.2, -0.15) is 0 Å². The highest BCUT2D eigenvalue weighted by Crippen LogP contribution is 2.27. The SMILES string of the molecule is CC[C@H]1CCCCN1C(=O)Cn1c(=O)n(-c2ccccc2)c(=O)c2c(C)c(C)sc21. The maximum absolute atomic E-state index is 13.5. The van der Waals surface area contributed by atoms with Crippen molar-refractivity contribution in [1.82, 2.24) is 14.0 Å². The van der Waals surface area contributed by atoms with Crippen molar-refractivity contribution in [2.45, 2.75) is 59.0 Å². The van der Waals surface area contributed by atoms with Gasteiger partial charge in [0, 0.05) is 17.5 Å². The van der Waals surface area contributed by atoms with E-state index in [1.807, 2.05) is 24.8 Å². The Morgan fingerprint density at radius 3 is 2.57 bits per heavy atom. The van der Waals surface area contributed by atoms with E-state index >= 15 is 0 Å². The van der Waals surface area contributed by atoms with Gasteiger partial charge in [0.15, 0.2) is 0 Å². The first-order valence-corrected chi connectivity index (χ1v) is 11.4. The molecule has 4 rings (SSSR count). The van der Waals surface area contributed by atoms with E-state index in [0.29, 0.717) is 15.9 Å². The number of amides is 1. The molecule has 1 saturated heterocycles. The molecule has 0 unspecified atom stereocenters. The Bertz CT molecular complexity index is 1210. The van der Waals surface area contributed by atoms with Crippen LogP contribution in [0.5, 0.6) is 0 Å². The molecule has 0 spiro atoms. The number of aryl methyl sites for hydroxylation is 2. The summed E-state index contributed by atoms with van der Waals surface area (Å²) in [6, 6.07) is 9.15. The molecular formula is C23H27N3O3S. The summed E-state index contributed by atoms with van der Waals surface area (Å²) in [6.07, 6.45) is 4.05. The first-order chi connectivity index (χ1) is 14.4. The average molecular weight is 426 g/mol. The molecule has 0 bridgehead atoms. The first-order valence-electron chi connectivity index (χ1n) is 10.5. The van der Waals surface area contributed by atoms with E-state index in [2.05, 4.69) is 6.92 Å². The van der Waals surface area contributed by atoms with Crippen molar-refractivity contribution in [3.8, 4) is 5.69 Å². The van der Waals surface area contributed by atoms with Crippen LogP contribution >= 0.6 is 11.3 Å². The number of fused-ring (bicyclic) bond motifs is 1. The predicted octanol–water partition coefficient (Wildman–Crippen LogP) is 3.62. The molecule has 0 saturated carbocycles. The van der Waals surface area contributed by atoms with Crippen LogP contribution in [0.3, 0.4) is 0 Å². The zero-order valence-electron chi connectivity index (χ0n) is 17.7. The highest BCUT2D eigenvalue weighted by Gasteiger charge is 2.27. The summed E-state index contributed by atoms with van der Waals surface area (Å²) in [5.74, 6) is -0.0492. The van der Waals surface area contributed by atoms with E-state index in [9.17, 15) is 14.4 Å². The fourth-order valence-electron chi connectivity index (χ4n) is 4.38. The van der Waals surface area contributed by atoms with E-state index in [1.165, 1.54) is 20.5 Å². The Balaban J connectivity index is 1.89. The Morgan fingerprint density at radius 1 is 1.13 bits per heavy atom. The molecule has 1 atom stereocenters. The van der Waals surface area contributed by atoms with Crippen molar-refractivity contribution < 1.29 is 4.79 Å². The number of aromatic nitrogens is 2. The van der Waals surface area contributed by atoms with Crippen molar-refractivity contribution in [2.24, 2.45) is 0 Å². The number of carbonyl (C=O) groups is 1. The van der Waals surface area contributed by atoms with E-state index < -0.39 is 5.69 Å². The maximum Gasteiger partial charge on any atom is 0.337 e. The lowest BCUT2D eigenvalue weighted by Gasteiger charge is -2.35. The van der Waals surface area contributed by atoms with Crippen LogP contribution in [0.15, 0.2) is 39.9 Å². The van der Waals surface area contributed by atoms with Crippen LogP contribution in [0.2, 0.25) is 0 Å². The minimum absolute atomic E-state index is 0.0433. The smallest absolute Gasteiger partial charge is 0.337 e. The molecule has 6 nitrogen and oxygen atoms in total. The van der Waals surface area contributed by atoms with Crippen molar-refractivity contribution in [1.29, 1.82) is 0 Å². The molecule has 1 aliphatic heterocycles. The van der Waals surface area contributed by atoms with Gasteiger partial charge in [0.2, 0.25) is 5.91 Å². The molecule has 0 radical (unpaired) electrons. The third-order valence-corrected chi connectivity index (χ3v) is 7.41. The predicted molar refractivity (Wildman–Crippen MR) is 121 cm³/mol. The van der Waals surface area contributed by atoms with Crippen LogP contribution in [0.25, 0.3) is 15.9 Å². The summed E-state index contributed by atoms with van der Waals surface area (Å²) >= 11 is 1.41. The standard InChI is InChI=1S/C23H27N3O3S/c1-4-17-10-8-9-13-24(17)19(27)14-25-22-20(15(2)16(3)30-22)21(28)26(23(25)29)18-11-6-5-7-12-18/h5-7,11-12,17H,4,8-10,13-14H2,1-3H3/t17-/m0/s1. The lowest BCUT2D eigenvalue weighted by atomic mass is 10.00. The lowest BCUT2D eigenvalue weighted by Crippen LogP contribution is -2.47. The van der Waals surface area contributed by atoms with Gasteiger partial charge in [0.1, 0.15) is 11.4 Å². The fraction of sp³-hybridized carbons (Fsp3) is 0.435. The Morgan fingerprint density at radius 2 is 1.87 bits per heavy atom. The van der Waals surface area contributed by atoms with Crippen LogP contribution < -0.4 is 11.2 Å².